The Balaban J connectivity index is 2.11. The Hall–Kier alpha value is -1.55. The smallest absolute Gasteiger partial charge is 0.335 e. The predicted molar refractivity (Wildman–Crippen MR) is 70.1 cm³/mol. The first-order valence-electron chi connectivity index (χ1n) is 6.43. The summed E-state index contributed by atoms with van der Waals surface area (Å²) in [6, 6.07) is 7.55. The fourth-order valence-corrected chi connectivity index (χ4v) is 2.26. The Bertz CT molecular complexity index is 398. The van der Waals surface area contributed by atoms with Gasteiger partial charge in [-0.15, -0.1) is 0 Å². The lowest BCUT2D eigenvalue weighted by Gasteiger charge is -2.39. The van der Waals surface area contributed by atoms with E-state index in [2.05, 4.69) is 4.90 Å². The lowest BCUT2D eigenvalue weighted by molar-refractivity contribution is 0.0697. The normalized spacial score (nSPS) is 15.2. The lowest BCUT2D eigenvalue weighted by atomic mass is 9.91. The highest BCUT2D eigenvalue weighted by Crippen LogP contribution is 2.29. The quantitative estimate of drug-likeness (QED) is 0.810. The predicted octanol–water partition coefficient (Wildman–Crippen LogP) is 2.13. The van der Waals surface area contributed by atoms with Crippen molar-refractivity contribution in [3.8, 4) is 0 Å². The standard InChI is InChI=1S/C14H19NO3/c16-10-2-9-15(12-3-1-4-12)13-7-5-11(6-8-13)14(17)18/h5-8,12,16H,1-4,9-10H2,(H,17,18). The van der Waals surface area contributed by atoms with Crippen LogP contribution >= 0.6 is 0 Å². The van der Waals surface area contributed by atoms with E-state index in [1.807, 2.05) is 12.1 Å². The molecular weight excluding hydrogens is 230 g/mol. The molecule has 0 radical (unpaired) electrons. The molecule has 4 heteroatoms. The molecule has 18 heavy (non-hydrogen) atoms. The summed E-state index contributed by atoms with van der Waals surface area (Å²) in [5.41, 5.74) is 1.37. The van der Waals surface area contributed by atoms with Crippen molar-refractivity contribution in [2.45, 2.75) is 31.7 Å². The zero-order valence-electron chi connectivity index (χ0n) is 10.4. The van der Waals surface area contributed by atoms with Gasteiger partial charge in [-0.25, -0.2) is 4.79 Å². The van der Waals surface area contributed by atoms with Crippen molar-refractivity contribution in [3.05, 3.63) is 29.8 Å². The summed E-state index contributed by atoms with van der Waals surface area (Å²) in [6.07, 6.45) is 4.38. The number of aliphatic hydroxyl groups excluding tert-OH is 1. The molecule has 2 N–H and O–H groups in total. The maximum Gasteiger partial charge on any atom is 0.335 e. The minimum atomic E-state index is -0.896. The monoisotopic (exact) mass is 249 g/mol. The van der Waals surface area contributed by atoms with Gasteiger partial charge in [-0.3, -0.25) is 0 Å². The molecule has 0 saturated heterocycles. The van der Waals surface area contributed by atoms with Crippen molar-refractivity contribution >= 4 is 11.7 Å². The van der Waals surface area contributed by atoms with Gasteiger partial charge in [0, 0.05) is 24.9 Å². The maximum atomic E-state index is 10.8. The molecule has 1 aliphatic carbocycles. The zero-order valence-corrected chi connectivity index (χ0v) is 10.4. The Morgan fingerprint density at radius 3 is 2.39 bits per heavy atom. The number of rotatable bonds is 6. The van der Waals surface area contributed by atoms with E-state index in [0.717, 1.165) is 18.7 Å². The Kier molecular flexibility index (Phi) is 4.20. The number of anilines is 1. The first kappa shape index (κ1) is 12.9. The third kappa shape index (κ3) is 2.82. The molecule has 0 heterocycles. The second-order valence-corrected chi connectivity index (χ2v) is 4.71. The molecule has 2 rings (SSSR count). The molecule has 0 spiro atoms. The van der Waals surface area contributed by atoms with Gasteiger partial charge in [0.1, 0.15) is 0 Å². The number of hydrogen-bond acceptors (Lipinski definition) is 3. The van der Waals surface area contributed by atoms with Crippen LogP contribution in [0.1, 0.15) is 36.0 Å². The van der Waals surface area contributed by atoms with E-state index in [1.54, 1.807) is 12.1 Å². The second kappa shape index (κ2) is 5.87. The average molecular weight is 249 g/mol. The molecule has 1 saturated carbocycles. The van der Waals surface area contributed by atoms with Gasteiger partial charge in [0.25, 0.3) is 0 Å². The number of aliphatic hydroxyl groups is 1. The van der Waals surface area contributed by atoms with Crippen molar-refractivity contribution in [2.24, 2.45) is 0 Å². The molecule has 0 amide bonds. The van der Waals surface area contributed by atoms with Gasteiger partial charge in [-0.2, -0.15) is 0 Å². The van der Waals surface area contributed by atoms with Crippen molar-refractivity contribution in [3.63, 3.8) is 0 Å². The van der Waals surface area contributed by atoms with Crippen LogP contribution in [0.3, 0.4) is 0 Å². The van der Waals surface area contributed by atoms with Gasteiger partial charge in [0.05, 0.1) is 5.56 Å². The van der Waals surface area contributed by atoms with Gasteiger partial charge < -0.3 is 15.1 Å². The second-order valence-electron chi connectivity index (χ2n) is 4.71. The largest absolute Gasteiger partial charge is 0.478 e. The van der Waals surface area contributed by atoms with Gasteiger partial charge in [-0.05, 0) is 49.9 Å². The third-order valence-electron chi connectivity index (χ3n) is 3.52. The van der Waals surface area contributed by atoms with Crippen LogP contribution in [-0.4, -0.2) is 35.4 Å². The Labute approximate surface area is 107 Å². The van der Waals surface area contributed by atoms with E-state index in [-0.39, 0.29) is 6.61 Å². The minimum absolute atomic E-state index is 0.191. The molecule has 0 aliphatic heterocycles. The first-order valence-corrected chi connectivity index (χ1v) is 6.43. The molecule has 1 fully saturated rings. The number of nitrogens with zero attached hydrogens (tertiary/aromatic N) is 1. The van der Waals surface area contributed by atoms with Gasteiger partial charge in [0.2, 0.25) is 0 Å². The number of hydrogen-bond donors (Lipinski definition) is 2. The molecule has 1 aliphatic rings. The van der Waals surface area contributed by atoms with Gasteiger partial charge in [0.15, 0.2) is 0 Å². The highest BCUT2D eigenvalue weighted by molar-refractivity contribution is 5.88. The molecule has 4 nitrogen and oxygen atoms in total. The fourth-order valence-electron chi connectivity index (χ4n) is 2.26. The van der Waals surface area contributed by atoms with E-state index in [1.165, 1.54) is 19.3 Å². The summed E-state index contributed by atoms with van der Waals surface area (Å²) < 4.78 is 0. The molecule has 0 atom stereocenters. The Morgan fingerprint density at radius 2 is 1.94 bits per heavy atom. The molecule has 0 aromatic heterocycles. The molecule has 1 aromatic carbocycles. The van der Waals surface area contributed by atoms with Crippen molar-refractivity contribution in [2.75, 3.05) is 18.1 Å². The molecule has 1 aromatic rings. The van der Waals surface area contributed by atoms with Crippen LogP contribution in [-0.2, 0) is 0 Å². The highest BCUT2D eigenvalue weighted by atomic mass is 16.4. The zero-order chi connectivity index (χ0) is 13.0. The topological polar surface area (TPSA) is 60.8 Å². The maximum absolute atomic E-state index is 10.8. The van der Waals surface area contributed by atoms with Crippen molar-refractivity contribution < 1.29 is 15.0 Å². The third-order valence-corrected chi connectivity index (χ3v) is 3.52. The summed E-state index contributed by atoms with van der Waals surface area (Å²) in [4.78, 5) is 13.1. The SMILES string of the molecule is O=C(O)c1ccc(N(CCCO)C2CCC2)cc1. The average Bonchev–Trinajstić information content (AvgIpc) is 2.32. The van der Waals surface area contributed by atoms with E-state index >= 15 is 0 Å². The minimum Gasteiger partial charge on any atom is -0.478 e. The van der Waals surface area contributed by atoms with E-state index in [9.17, 15) is 4.79 Å². The molecule has 98 valence electrons. The lowest BCUT2D eigenvalue weighted by Crippen LogP contribution is -2.41. The fraction of sp³-hybridized carbons (Fsp3) is 0.500. The van der Waals surface area contributed by atoms with Crippen LogP contribution in [0.4, 0.5) is 5.69 Å². The number of carboxylic acids is 1. The van der Waals surface area contributed by atoms with E-state index in [4.69, 9.17) is 10.2 Å². The van der Waals surface area contributed by atoms with Crippen molar-refractivity contribution in [1.29, 1.82) is 0 Å². The number of carboxylic acid groups (broad SMARTS) is 1. The van der Waals surface area contributed by atoms with Crippen LogP contribution in [0.25, 0.3) is 0 Å². The Morgan fingerprint density at radius 1 is 1.28 bits per heavy atom. The molecular formula is C14H19NO3. The van der Waals surface area contributed by atoms with Crippen molar-refractivity contribution in [1.82, 2.24) is 0 Å². The number of carbonyl (C=O) groups is 1. The van der Waals surface area contributed by atoms with Crippen LogP contribution in [0, 0.1) is 0 Å². The molecule has 0 unspecified atom stereocenters. The van der Waals surface area contributed by atoms with E-state index < -0.39 is 5.97 Å². The van der Waals surface area contributed by atoms with E-state index in [0.29, 0.717) is 11.6 Å². The summed E-state index contributed by atoms with van der Waals surface area (Å²) in [5.74, 6) is -0.896. The number of aromatic carboxylic acids is 1. The van der Waals surface area contributed by atoms with Crippen LogP contribution in [0.2, 0.25) is 0 Å². The summed E-state index contributed by atoms with van der Waals surface area (Å²) in [7, 11) is 0. The number of benzene rings is 1. The van der Waals surface area contributed by atoms with Gasteiger partial charge >= 0.3 is 5.97 Å². The highest BCUT2D eigenvalue weighted by Gasteiger charge is 2.24. The van der Waals surface area contributed by atoms with Crippen LogP contribution in [0.5, 0.6) is 0 Å². The molecule has 0 bridgehead atoms. The summed E-state index contributed by atoms with van der Waals surface area (Å²) >= 11 is 0. The summed E-state index contributed by atoms with van der Waals surface area (Å²) in [6.45, 7) is 1.02. The summed E-state index contributed by atoms with van der Waals surface area (Å²) in [5, 5.41) is 17.8. The van der Waals surface area contributed by atoms with Crippen LogP contribution < -0.4 is 4.90 Å². The van der Waals surface area contributed by atoms with Gasteiger partial charge in [-0.1, -0.05) is 0 Å². The first-order chi connectivity index (χ1) is 8.72. The van der Waals surface area contributed by atoms with Crippen LogP contribution in [0.15, 0.2) is 24.3 Å².